The summed E-state index contributed by atoms with van der Waals surface area (Å²) in [6.07, 6.45) is 1.85. The summed E-state index contributed by atoms with van der Waals surface area (Å²) in [5.41, 5.74) is 7.03. The minimum atomic E-state index is -0.0859. The monoisotopic (exact) mass is 167 g/mol. The highest BCUT2D eigenvalue weighted by Gasteiger charge is 2.08. The molecule has 1 heterocycles. The van der Waals surface area contributed by atoms with E-state index in [4.69, 9.17) is 5.73 Å². The van der Waals surface area contributed by atoms with Gasteiger partial charge in [0, 0.05) is 26.8 Å². The smallest absolute Gasteiger partial charge is 0.267 e. The summed E-state index contributed by atoms with van der Waals surface area (Å²) in [7, 11) is 3.43. The highest BCUT2D eigenvalue weighted by Crippen LogP contribution is 2.05. The lowest BCUT2D eigenvalue weighted by molar-refractivity contribution is 0.0955. The largest absolute Gasteiger partial charge is 0.354 e. The van der Waals surface area contributed by atoms with Crippen LogP contribution in [0.4, 0.5) is 0 Å². The Kier molecular flexibility index (Phi) is 2.50. The van der Waals surface area contributed by atoms with Crippen LogP contribution >= 0.6 is 0 Å². The van der Waals surface area contributed by atoms with Gasteiger partial charge in [0.1, 0.15) is 5.69 Å². The van der Waals surface area contributed by atoms with Crippen LogP contribution in [0.3, 0.4) is 0 Å². The number of carbonyl (C=O) groups is 1. The normalized spacial score (nSPS) is 9.92. The third-order valence-corrected chi connectivity index (χ3v) is 1.76. The molecule has 1 amide bonds. The van der Waals surface area contributed by atoms with Crippen LogP contribution in [0, 0.1) is 0 Å². The lowest BCUT2D eigenvalue weighted by atomic mass is 10.3. The Balaban J connectivity index is 2.99. The van der Waals surface area contributed by atoms with Crippen LogP contribution in [-0.2, 0) is 13.6 Å². The number of aryl methyl sites for hydroxylation is 1. The maximum absolute atomic E-state index is 11.2. The number of hydrogen-bond acceptors (Lipinski definition) is 2. The van der Waals surface area contributed by atoms with Crippen molar-refractivity contribution in [3.63, 3.8) is 0 Å². The highest BCUT2D eigenvalue weighted by molar-refractivity contribution is 5.92. The molecule has 0 spiro atoms. The summed E-state index contributed by atoms with van der Waals surface area (Å²) in [4.78, 5) is 11.2. The molecule has 1 aromatic rings. The van der Waals surface area contributed by atoms with Crippen LogP contribution in [0.5, 0.6) is 0 Å². The van der Waals surface area contributed by atoms with Gasteiger partial charge in [0.05, 0.1) is 0 Å². The molecule has 0 atom stereocenters. The lowest BCUT2D eigenvalue weighted by Gasteiger charge is -1.99. The van der Waals surface area contributed by atoms with Crippen LogP contribution in [0.15, 0.2) is 12.3 Å². The molecular formula is C8H13N3O. The van der Waals surface area contributed by atoms with Gasteiger partial charge in [0.2, 0.25) is 0 Å². The van der Waals surface area contributed by atoms with Gasteiger partial charge in [0.25, 0.3) is 5.91 Å². The number of carbonyl (C=O) groups excluding carboxylic acids is 1. The van der Waals surface area contributed by atoms with Crippen molar-refractivity contribution in [1.82, 2.24) is 9.88 Å². The van der Waals surface area contributed by atoms with Gasteiger partial charge in [-0.3, -0.25) is 4.79 Å². The highest BCUT2D eigenvalue weighted by atomic mass is 16.1. The number of aromatic nitrogens is 1. The predicted octanol–water partition coefficient (Wildman–Crippen LogP) is -0.157. The summed E-state index contributed by atoms with van der Waals surface area (Å²) < 4.78 is 1.76. The van der Waals surface area contributed by atoms with Crippen LogP contribution in [-0.4, -0.2) is 17.5 Å². The van der Waals surface area contributed by atoms with Gasteiger partial charge in [-0.25, -0.2) is 0 Å². The fraction of sp³-hybridized carbons (Fsp3) is 0.375. The molecule has 0 aromatic carbocycles. The first-order chi connectivity index (χ1) is 5.69. The fourth-order valence-electron chi connectivity index (χ4n) is 1.10. The molecule has 12 heavy (non-hydrogen) atoms. The van der Waals surface area contributed by atoms with Crippen LogP contribution < -0.4 is 11.1 Å². The average Bonchev–Trinajstić information content (AvgIpc) is 2.45. The zero-order valence-corrected chi connectivity index (χ0v) is 7.29. The fourth-order valence-corrected chi connectivity index (χ4v) is 1.10. The maximum Gasteiger partial charge on any atom is 0.267 e. The summed E-state index contributed by atoms with van der Waals surface area (Å²) in [6, 6.07) is 1.79. The van der Waals surface area contributed by atoms with Crippen molar-refractivity contribution < 1.29 is 4.79 Å². The number of nitrogens with two attached hydrogens (primary N) is 1. The summed E-state index contributed by atoms with van der Waals surface area (Å²) in [6.45, 7) is 0.463. The Labute approximate surface area is 71.4 Å². The van der Waals surface area contributed by atoms with Crippen molar-refractivity contribution >= 4 is 5.91 Å². The van der Waals surface area contributed by atoms with Gasteiger partial charge in [-0.1, -0.05) is 0 Å². The van der Waals surface area contributed by atoms with Crippen LogP contribution in [0.1, 0.15) is 16.1 Å². The number of hydrogen-bond donors (Lipinski definition) is 2. The van der Waals surface area contributed by atoms with Crippen molar-refractivity contribution in [1.29, 1.82) is 0 Å². The van der Waals surface area contributed by atoms with Crippen LogP contribution in [0.25, 0.3) is 0 Å². The third-order valence-electron chi connectivity index (χ3n) is 1.76. The molecule has 0 bridgehead atoms. The van der Waals surface area contributed by atoms with E-state index in [9.17, 15) is 4.79 Å². The lowest BCUT2D eigenvalue weighted by Crippen LogP contribution is -2.20. The number of rotatable bonds is 2. The molecule has 0 saturated carbocycles. The van der Waals surface area contributed by atoms with Gasteiger partial charge in [-0.05, 0) is 11.6 Å². The topological polar surface area (TPSA) is 60.1 Å². The van der Waals surface area contributed by atoms with Crippen molar-refractivity contribution in [2.24, 2.45) is 12.8 Å². The van der Waals surface area contributed by atoms with Crippen molar-refractivity contribution in [3.05, 3.63) is 23.5 Å². The molecule has 3 N–H and O–H groups in total. The minimum Gasteiger partial charge on any atom is -0.354 e. The average molecular weight is 167 g/mol. The molecule has 4 heteroatoms. The molecule has 0 aliphatic heterocycles. The molecule has 0 radical (unpaired) electrons. The standard InChI is InChI=1S/C8H13N3O/c1-10-8(12)7-3-6(4-9)5-11(7)2/h3,5H,4,9H2,1-2H3,(H,10,12). The zero-order chi connectivity index (χ0) is 9.14. The van der Waals surface area contributed by atoms with Gasteiger partial charge in [0.15, 0.2) is 0 Å². The first-order valence-corrected chi connectivity index (χ1v) is 3.76. The summed E-state index contributed by atoms with van der Waals surface area (Å²) in [5, 5.41) is 2.56. The van der Waals surface area contributed by atoms with E-state index in [1.54, 1.807) is 17.7 Å². The van der Waals surface area contributed by atoms with Crippen LogP contribution in [0.2, 0.25) is 0 Å². The second kappa shape index (κ2) is 3.40. The Hall–Kier alpha value is -1.29. The van der Waals surface area contributed by atoms with Gasteiger partial charge >= 0.3 is 0 Å². The van der Waals surface area contributed by atoms with E-state index < -0.39 is 0 Å². The number of nitrogens with zero attached hydrogens (tertiary/aromatic N) is 1. The molecule has 0 aliphatic rings. The molecule has 0 saturated heterocycles. The molecule has 0 aliphatic carbocycles. The van der Waals surface area contributed by atoms with E-state index in [1.165, 1.54) is 0 Å². The van der Waals surface area contributed by atoms with Crippen molar-refractivity contribution in [2.75, 3.05) is 7.05 Å². The first-order valence-electron chi connectivity index (χ1n) is 3.76. The summed E-state index contributed by atoms with van der Waals surface area (Å²) in [5.74, 6) is -0.0859. The van der Waals surface area contributed by atoms with E-state index in [1.807, 2.05) is 13.2 Å². The Morgan fingerprint density at radius 3 is 2.83 bits per heavy atom. The molecule has 1 aromatic heterocycles. The maximum atomic E-state index is 11.2. The van der Waals surface area contributed by atoms with Gasteiger partial charge in [-0.15, -0.1) is 0 Å². The first kappa shape index (κ1) is 8.80. The molecule has 0 fully saturated rings. The number of nitrogens with one attached hydrogen (secondary N) is 1. The predicted molar refractivity (Wildman–Crippen MR) is 46.7 cm³/mol. The van der Waals surface area contributed by atoms with Crippen molar-refractivity contribution in [3.8, 4) is 0 Å². The Morgan fingerprint density at radius 1 is 1.75 bits per heavy atom. The molecule has 0 unspecified atom stereocenters. The summed E-state index contributed by atoms with van der Waals surface area (Å²) >= 11 is 0. The zero-order valence-electron chi connectivity index (χ0n) is 7.29. The molecule has 4 nitrogen and oxygen atoms in total. The quantitative estimate of drug-likeness (QED) is 0.643. The number of amides is 1. The van der Waals surface area contributed by atoms with E-state index in [2.05, 4.69) is 5.32 Å². The van der Waals surface area contributed by atoms with Gasteiger partial charge in [-0.2, -0.15) is 0 Å². The second-order valence-corrected chi connectivity index (χ2v) is 2.63. The van der Waals surface area contributed by atoms with E-state index >= 15 is 0 Å². The van der Waals surface area contributed by atoms with E-state index in [0.29, 0.717) is 12.2 Å². The Morgan fingerprint density at radius 2 is 2.42 bits per heavy atom. The second-order valence-electron chi connectivity index (χ2n) is 2.63. The molecular weight excluding hydrogens is 154 g/mol. The molecule has 66 valence electrons. The van der Waals surface area contributed by atoms with E-state index in [-0.39, 0.29) is 5.91 Å². The third kappa shape index (κ3) is 1.48. The SMILES string of the molecule is CNC(=O)c1cc(CN)cn1C. The minimum absolute atomic E-state index is 0.0859. The Bertz CT molecular complexity index is 290. The van der Waals surface area contributed by atoms with Gasteiger partial charge < -0.3 is 15.6 Å². The van der Waals surface area contributed by atoms with E-state index in [0.717, 1.165) is 5.56 Å². The molecule has 1 rings (SSSR count). The van der Waals surface area contributed by atoms with Crippen molar-refractivity contribution in [2.45, 2.75) is 6.54 Å².